The van der Waals surface area contributed by atoms with Gasteiger partial charge < -0.3 is 14.8 Å². The Morgan fingerprint density at radius 1 is 1.26 bits per heavy atom. The molecule has 106 valence electrons. The molecule has 2 atom stereocenters. The number of alkyl halides is 1. The van der Waals surface area contributed by atoms with Crippen molar-refractivity contribution < 1.29 is 14.3 Å². The fraction of sp³-hybridized carbons (Fsp3) is 0.500. The summed E-state index contributed by atoms with van der Waals surface area (Å²) in [5.41, 5.74) is 0.404. The predicted octanol–water partition coefficient (Wildman–Crippen LogP) is 2.70. The minimum absolute atomic E-state index is 0.0281. The average molecular weight is 286 g/mol. The summed E-state index contributed by atoms with van der Waals surface area (Å²) in [7, 11) is 3.05. The van der Waals surface area contributed by atoms with Gasteiger partial charge >= 0.3 is 0 Å². The van der Waals surface area contributed by atoms with E-state index in [9.17, 15) is 4.79 Å². The fourth-order valence-corrected chi connectivity index (χ4v) is 1.90. The number of methoxy groups -OCH3 is 2. The van der Waals surface area contributed by atoms with Gasteiger partial charge in [-0.1, -0.05) is 13.0 Å². The van der Waals surface area contributed by atoms with Gasteiger partial charge in [-0.25, -0.2) is 0 Å². The van der Waals surface area contributed by atoms with Crippen molar-refractivity contribution in [2.45, 2.75) is 19.9 Å². The predicted molar refractivity (Wildman–Crippen MR) is 76.4 cm³/mol. The number of hydrogen-bond donors (Lipinski definition) is 1. The third kappa shape index (κ3) is 3.77. The van der Waals surface area contributed by atoms with Crippen LogP contribution in [0.15, 0.2) is 18.2 Å². The van der Waals surface area contributed by atoms with Crippen LogP contribution in [0, 0.1) is 5.92 Å². The third-order valence-electron chi connectivity index (χ3n) is 3.11. The standard InChI is InChI=1S/C14H20ClNO3/c1-9(8-15)10(2)16-14(17)13-11(18-3)6-5-7-12(13)19-4/h5-7,9-10H,8H2,1-4H3,(H,16,17). The molecule has 1 rings (SSSR count). The summed E-state index contributed by atoms with van der Waals surface area (Å²) in [4.78, 5) is 12.3. The molecule has 1 N–H and O–H groups in total. The van der Waals surface area contributed by atoms with Crippen LogP contribution in [0.3, 0.4) is 0 Å². The highest BCUT2D eigenvalue weighted by Gasteiger charge is 2.21. The molecule has 0 aliphatic carbocycles. The molecule has 0 heterocycles. The van der Waals surface area contributed by atoms with Gasteiger partial charge in [0, 0.05) is 11.9 Å². The number of amides is 1. The van der Waals surface area contributed by atoms with Crippen molar-refractivity contribution in [1.29, 1.82) is 0 Å². The first-order chi connectivity index (χ1) is 9.04. The number of benzene rings is 1. The summed E-state index contributed by atoms with van der Waals surface area (Å²) in [5, 5.41) is 2.91. The van der Waals surface area contributed by atoms with Crippen molar-refractivity contribution in [1.82, 2.24) is 5.32 Å². The van der Waals surface area contributed by atoms with Gasteiger partial charge in [0.2, 0.25) is 0 Å². The monoisotopic (exact) mass is 285 g/mol. The minimum Gasteiger partial charge on any atom is -0.496 e. The van der Waals surface area contributed by atoms with E-state index in [4.69, 9.17) is 21.1 Å². The molecule has 0 aliphatic rings. The topological polar surface area (TPSA) is 47.6 Å². The number of rotatable bonds is 6. The smallest absolute Gasteiger partial charge is 0.259 e. The fourth-order valence-electron chi connectivity index (χ4n) is 1.63. The van der Waals surface area contributed by atoms with Crippen LogP contribution in [0.1, 0.15) is 24.2 Å². The molecule has 1 aromatic carbocycles. The second-order valence-corrected chi connectivity index (χ2v) is 4.74. The average Bonchev–Trinajstić information content (AvgIpc) is 2.44. The Balaban J connectivity index is 2.98. The quantitative estimate of drug-likeness (QED) is 0.818. The normalized spacial score (nSPS) is 13.5. The highest BCUT2D eigenvalue weighted by molar-refractivity contribution is 6.18. The van der Waals surface area contributed by atoms with Crippen molar-refractivity contribution in [3.63, 3.8) is 0 Å². The molecule has 0 saturated carbocycles. The van der Waals surface area contributed by atoms with E-state index in [0.717, 1.165) is 0 Å². The van der Waals surface area contributed by atoms with Crippen LogP contribution in [0.4, 0.5) is 0 Å². The first kappa shape index (κ1) is 15.6. The Morgan fingerprint density at radius 2 is 1.79 bits per heavy atom. The number of carbonyl (C=O) groups excluding carboxylic acids is 1. The summed E-state index contributed by atoms with van der Waals surface area (Å²) in [6, 6.07) is 5.21. The zero-order valence-electron chi connectivity index (χ0n) is 11.7. The van der Waals surface area contributed by atoms with E-state index in [0.29, 0.717) is 22.9 Å². The molecule has 4 nitrogen and oxygen atoms in total. The Hall–Kier alpha value is -1.42. The van der Waals surface area contributed by atoms with E-state index >= 15 is 0 Å². The van der Waals surface area contributed by atoms with Crippen LogP contribution in [-0.4, -0.2) is 32.0 Å². The maximum atomic E-state index is 12.3. The second-order valence-electron chi connectivity index (χ2n) is 4.43. The van der Waals surface area contributed by atoms with E-state index in [1.807, 2.05) is 13.8 Å². The molecule has 1 amide bonds. The zero-order chi connectivity index (χ0) is 14.4. The highest BCUT2D eigenvalue weighted by Crippen LogP contribution is 2.28. The number of nitrogens with one attached hydrogen (secondary N) is 1. The molecular formula is C14H20ClNO3. The molecule has 0 radical (unpaired) electrons. The van der Waals surface area contributed by atoms with E-state index in [2.05, 4.69) is 5.32 Å². The summed E-state index contributed by atoms with van der Waals surface area (Å²) in [5.74, 6) is 1.43. The molecule has 0 aromatic heterocycles. The molecule has 0 aliphatic heterocycles. The Morgan fingerprint density at radius 3 is 2.21 bits per heavy atom. The Bertz CT molecular complexity index is 414. The van der Waals surface area contributed by atoms with Gasteiger partial charge in [-0.3, -0.25) is 4.79 Å². The van der Waals surface area contributed by atoms with Crippen LogP contribution >= 0.6 is 11.6 Å². The molecule has 1 aromatic rings. The van der Waals surface area contributed by atoms with Crippen molar-refractivity contribution >= 4 is 17.5 Å². The molecule has 2 unspecified atom stereocenters. The van der Waals surface area contributed by atoms with Crippen LogP contribution in [0.2, 0.25) is 0 Å². The van der Waals surface area contributed by atoms with Crippen molar-refractivity contribution in [3.05, 3.63) is 23.8 Å². The second kappa shape index (κ2) is 7.24. The maximum Gasteiger partial charge on any atom is 0.259 e. The first-order valence-corrected chi connectivity index (χ1v) is 6.66. The summed E-state index contributed by atoms with van der Waals surface area (Å²) in [6.07, 6.45) is 0. The van der Waals surface area contributed by atoms with Gasteiger partial charge in [0.05, 0.1) is 14.2 Å². The lowest BCUT2D eigenvalue weighted by Crippen LogP contribution is -2.38. The van der Waals surface area contributed by atoms with Crippen LogP contribution < -0.4 is 14.8 Å². The highest BCUT2D eigenvalue weighted by atomic mass is 35.5. The number of halogens is 1. The zero-order valence-corrected chi connectivity index (χ0v) is 12.5. The van der Waals surface area contributed by atoms with Crippen LogP contribution in [-0.2, 0) is 0 Å². The lowest BCUT2D eigenvalue weighted by molar-refractivity contribution is 0.0924. The van der Waals surface area contributed by atoms with Gasteiger partial charge in [-0.2, -0.15) is 0 Å². The molecule has 0 bridgehead atoms. The van der Waals surface area contributed by atoms with E-state index in [1.165, 1.54) is 14.2 Å². The van der Waals surface area contributed by atoms with E-state index in [-0.39, 0.29) is 17.9 Å². The van der Waals surface area contributed by atoms with Crippen LogP contribution in [0.25, 0.3) is 0 Å². The molecule has 0 spiro atoms. The van der Waals surface area contributed by atoms with Gasteiger partial charge in [-0.05, 0) is 25.0 Å². The number of carbonyl (C=O) groups is 1. The van der Waals surface area contributed by atoms with Crippen molar-refractivity contribution in [2.75, 3.05) is 20.1 Å². The SMILES string of the molecule is COc1cccc(OC)c1C(=O)NC(C)C(C)CCl. The lowest BCUT2D eigenvalue weighted by Gasteiger charge is -2.20. The van der Waals surface area contributed by atoms with Crippen molar-refractivity contribution in [2.24, 2.45) is 5.92 Å². The summed E-state index contributed by atoms with van der Waals surface area (Å²) in [6.45, 7) is 3.91. The van der Waals surface area contributed by atoms with E-state index < -0.39 is 0 Å². The summed E-state index contributed by atoms with van der Waals surface area (Å²) >= 11 is 5.79. The minimum atomic E-state index is -0.223. The van der Waals surface area contributed by atoms with Gasteiger partial charge in [0.15, 0.2) is 0 Å². The lowest BCUT2D eigenvalue weighted by atomic mass is 10.1. The number of hydrogen-bond acceptors (Lipinski definition) is 3. The summed E-state index contributed by atoms with van der Waals surface area (Å²) < 4.78 is 10.4. The van der Waals surface area contributed by atoms with Crippen LogP contribution in [0.5, 0.6) is 11.5 Å². The molecule has 19 heavy (non-hydrogen) atoms. The molecule has 0 saturated heterocycles. The third-order valence-corrected chi connectivity index (χ3v) is 3.60. The Kier molecular flexibility index (Phi) is 5.96. The Labute approximate surface area is 119 Å². The molecular weight excluding hydrogens is 266 g/mol. The van der Waals surface area contributed by atoms with E-state index in [1.54, 1.807) is 18.2 Å². The molecule has 0 fully saturated rings. The van der Waals surface area contributed by atoms with Gasteiger partial charge in [0.1, 0.15) is 17.1 Å². The first-order valence-electron chi connectivity index (χ1n) is 6.13. The molecule has 5 heteroatoms. The van der Waals surface area contributed by atoms with Crippen molar-refractivity contribution in [3.8, 4) is 11.5 Å². The largest absolute Gasteiger partial charge is 0.496 e. The number of ether oxygens (including phenoxy) is 2. The van der Waals surface area contributed by atoms with Gasteiger partial charge in [-0.15, -0.1) is 11.6 Å². The van der Waals surface area contributed by atoms with Gasteiger partial charge in [0.25, 0.3) is 5.91 Å². The maximum absolute atomic E-state index is 12.3.